The molecule has 0 saturated heterocycles. The Morgan fingerprint density at radius 1 is 1.06 bits per heavy atom. The first kappa shape index (κ1) is 22.4. The number of benzene rings is 3. The molecule has 4 rings (SSSR count). The Kier molecular flexibility index (Phi) is 7.29. The zero-order valence-corrected chi connectivity index (χ0v) is 18.7. The molecule has 1 heterocycles. The molecule has 0 aliphatic heterocycles. The van der Waals surface area contributed by atoms with Gasteiger partial charge >= 0.3 is 0 Å². The van der Waals surface area contributed by atoms with E-state index in [0.717, 1.165) is 11.1 Å². The van der Waals surface area contributed by atoms with Crippen molar-refractivity contribution < 1.29 is 9.53 Å². The number of hydrogen-bond acceptors (Lipinski definition) is 6. The number of nitrogens with zero attached hydrogens (tertiary/aromatic N) is 5. The lowest BCUT2D eigenvalue weighted by atomic mass is 10.2. The first-order chi connectivity index (χ1) is 16.1. The predicted molar refractivity (Wildman–Crippen MR) is 126 cm³/mol. The van der Waals surface area contributed by atoms with Gasteiger partial charge in [-0.25, -0.2) is 5.43 Å². The number of amides is 1. The Labute approximate surface area is 199 Å². The van der Waals surface area contributed by atoms with Crippen LogP contribution in [0.15, 0.2) is 77.9 Å². The van der Waals surface area contributed by atoms with Crippen molar-refractivity contribution >= 4 is 35.3 Å². The Bertz CT molecular complexity index is 1280. The van der Waals surface area contributed by atoms with E-state index < -0.39 is 5.91 Å². The molecule has 166 valence electrons. The maximum atomic E-state index is 12.2. The molecule has 33 heavy (non-hydrogen) atoms. The van der Waals surface area contributed by atoms with E-state index in [2.05, 4.69) is 25.9 Å². The zero-order chi connectivity index (χ0) is 23.0. The van der Waals surface area contributed by atoms with Crippen LogP contribution in [0, 0.1) is 0 Å². The van der Waals surface area contributed by atoms with Crippen LogP contribution in [0.4, 0.5) is 0 Å². The number of carbonyl (C=O) groups is 1. The molecule has 0 aliphatic rings. The maximum absolute atomic E-state index is 12.2. The highest BCUT2D eigenvalue weighted by Crippen LogP contribution is 2.24. The molecule has 0 unspecified atom stereocenters. The largest absolute Gasteiger partial charge is 0.488 e. The van der Waals surface area contributed by atoms with Gasteiger partial charge in [-0.05, 0) is 29.5 Å². The quantitative estimate of drug-likeness (QED) is 0.298. The van der Waals surface area contributed by atoms with Gasteiger partial charge in [0.15, 0.2) is 0 Å². The Hall–Kier alpha value is -3.75. The van der Waals surface area contributed by atoms with Crippen LogP contribution in [0.25, 0.3) is 11.4 Å². The summed E-state index contributed by atoms with van der Waals surface area (Å²) >= 11 is 12.1. The molecule has 1 aromatic heterocycles. The third-order valence-corrected chi connectivity index (χ3v) is 5.07. The lowest BCUT2D eigenvalue weighted by Gasteiger charge is -2.10. The van der Waals surface area contributed by atoms with Crippen molar-refractivity contribution in [2.24, 2.45) is 5.10 Å². The van der Waals surface area contributed by atoms with Gasteiger partial charge < -0.3 is 4.74 Å². The van der Waals surface area contributed by atoms with Gasteiger partial charge in [-0.2, -0.15) is 9.90 Å². The lowest BCUT2D eigenvalue weighted by molar-refractivity contribution is -0.122. The van der Waals surface area contributed by atoms with Crippen LogP contribution in [0.2, 0.25) is 10.0 Å². The highest BCUT2D eigenvalue weighted by Gasteiger charge is 2.09. The number of halogens is 2. The first-order valence-corrected chi connectivity index (χ1v) is 10.6. The molecule has 0 atom stereocenters. The lowest BCUT2D eigenvalue weighted by Crippen LogP contribution is -2.24. The van der Waals surface area contributed by atoms with E-state index in [0.29, 0.717) is 27.2 Å². The summed E-state index contributed by atoms with van der Waals surface area (Å²) in [6, 6.07) is 21.9. The molecule has 8 nitrogen and oxygen atoms in total. The molecule has 0 spiro atoms. The molecule has 1 amide bonds. The van der Waals surface area contributed by atoms with Gasteiger partial charge in [-0.3, -0.25) is 4.79 Å². The molecule has 1 N–H and O–H groups in total. The molecule has 3 aromatic carbocycles. The van der Waals surface area contributed by atoms with Crippen molar-refractivity contribution in [1.29, 1.82) is 0 Å². The topological polar surface area (TPSA) is 94.3 Å². The molecule has 0 saturated carbocycles. The highest BCUT2D eigenvalue weighted by atomic mass is 35.5. The highest BCUT2D eigenvalue weighted by molar-refractivity contribution is 6.35. The number of nitrogens with one attached hydrogen (secondary N) is 1. The fourth-order valence-corrected chi connectivity index (χ4v) is 3.33. The second-order valence-electron chi connectivity index (χ2n) is 6.86. The normalized spacial score (nSPS) is 11.0. The van der Waals surface area contributed by atoms with Crippen molar-refractivity contribution in [3.05, 3.63) is 94.0 Å². The number of para-hydroxylation sites is 1. The van der Waals surface area contributed by atoms with E-state index in [4.69, 9.17) is 27.9 Å². The van der Waals surface area contributed by atoms with Crippen LogP contribution in [-0.4, -0.2) is 32.3 Å². The minimum Gasteiger partial charge on any atom is -0.488 e. The van der Waals surface area contributed by atoms with Crippen LogP contribution in [0.1, 0.15) is 11.1 Å². The van der Waals surface area contributed by atoms with E-state index in [1.807, 2.05) is 54.6 Å². The number of hydrazone groups is 1. The minimum absolute atomic E-state index is 0.121. The van der Waals surface area contributed by atoms with Crippen molar-refractivity contribution in [2.45, 2.75) is 13.2 Å². The number of ether oxygens (including phenoxy) is 1. The smallest absolute Gasteiger partial charge is 0.263 e. The van der Waals surface area contributed by atoms with Gasteiger partial charge in [-0.1, -0.05) is 71.7 Å². The number of hydrogen-bond donors (Lipinski definition) is 1. The second kappa shape index (κ2) is 10.7. The Balaban J connectivity index is 1.34. The Morgan fingerprint density at radius 2 is 1.85 bits per heavy atom. The van der Waals surface area contributed by atoms with Crippen molar-refractivity contribution in [1.82, 2.24) is 25.6 Å². The summed E-state index contributed by atoms with van der Waals surface area (Å²) in [7, 11) is 0. The van der Waals surface area contributed by atoms with Crippen LogP contribution in [-0.2, 0) is 17.9 Å². The van der Waals surface area contributed by atoms with Crippen molar-refractivity contribution in [3.63, 3.8) is 0 Å². The van der Waals surface area contributed by atoms with Gasteiger partial charge in [0, 0.05) is 26.7 Å². The summed E-state index contributed by atoms with van der Waals surface area (Å²) in [6.45, 7) is 0.138. The molecular formula is C23H18Cl2N6O2. The predicted octanol–water partition coefficient (Wildman–Crippen LogP) is 4.38. The SMILES string of the molecule is O=C(Cn1nnc(-c2ccccc2)n1)N/N=C\c1ccccc1OCc1ccc(Cl)cc1Cl. The summed E-state index contributed by atoms with van der Waals surface area (Å²) in [5.74, 6) is 0.639. The molecule has 0 fully saturated rings. The van der Waals surface area contributed by atoms with Gasteiger partial charge in [0.1, 0.15) is 18.9 Å². The standard InChI is InChI=1S/C23H18Cl2N6O2/c24-19-11-10-18(20(25)12-19)15-33-21-9-5-4-8-17(21)13-26-27-22(32)14-31-29-23(28-30-31)16-6-2-1-3-7-16/h1-13H,14-15H2,(H,27,32)/b26-13-. The van der Waals surface area contributed by atoms with Gasteiger partial charge in [0.05, 0.1) is 6.21 Å². The third kappa shape index (κ3) is 6.15. The summed E-state index contributed by atoms with van der Waals surface area (Å²) in [5.41, 5.74) is 4.76. The van der Waals surface area contributed by atoms with Crippen LogP contribution in [0.3, 0.4) is 0 Å². The molecule has 0 aliphatic carbocycles. The molecule has 0 bridgehead atoms. The first-order valence-electron chi connectivity index (χ1n) is 9.89. The zero-order valence-electron chi connectivity index (χ0n) is 17.2. The van der Waals surface area contributed by atoms with Crippen LogP contribution < -0.4 is 10.2 Å². The molecular weight excluding hydrogens is 463 g/mol. The van der Waals surface area contributed by atoms with E-state index in [1.54, 1.807) is 18.2 Å². The van der Waals surface area contributed by atoms with Gasteiger partial charge in [-0.15, -0.1) is 10.2 Å². The number of carbonyl (C=O) groups excluding carboxylic acids is 1. The molecule has 10 heteroatoms. The third-order valence-electron chi connectivity index (χ3n) is 4.48. The van der Waals surface area contributed by atoms with Crippen LogP contribution in [0.5, 0.6) is 5.75 Å². The van der Waals surface area contributed by atoms with Gasteiger partial charge in [0.2, 0.25) is 5.82 Å². The minimum atomic E-state index is -0.394. The average Bonchev–Trinajstić information content (AvgIpc) is 3.28. The fourth-order valence-electron chi connectivity index (χ4n) is 2.86. The van der Waals surface area contributed by atoms with Crippen molar-refractivity contribution in [2.75, 3.05) is 0 Å². The number of tetrazole rings is 1. The van der Waals surface area contributed by atoms with E-state index in [-0.39, 0.29) is 13.2 Å². The maximum Gasteiger partial charge on any atom is 0.263 e. The van der Waals surface area contributed by atoms with Gasteiger partial charge in [0.25, 0.3) is 5.91 Å². The monoisotopic (exact) mass is 480 g/mol. The average molecular weight is 481 g/mol. The molecule has 4 aromatic rings. The molecule has 0 radical (unpaired) electrons. The fraction of sp³-hybridized carbons (Fsp3) is 0.0870. The van der Waals surface area contributed by atoms with Crippen LogP contribution >= 0.6 is 23.2 Å². The summed E-state index contributed by atoms with van der Waals surface area (Å²) in [5, 5.41) is 17.2. The van der Waals surface area contributed by atoms with E-state index in [9.17, 15) is 4.79 Å². The second-order valence-corrected chi connectivity index (χ2v) is 7.71. The van der Waals surface area contributed by atoms with Crippen molar-refractivity contribution in [3.8, 4) is 17.1 Å². The number of rotatable bonds is 8. The Morgan fingerprint density at radius 3 is 2.67 bits per heavy atom. The van der Waals surface area contributed by atoms with E-state index >= 15 is 0 Å². The van der Waals surface area contributed by atoms with E-state index in [1.165, 1.54) is 11.0 Å². The summed E-state index contributed by atoms with van der Waals surface area (Å²) < 4.78 is 5.88. The summed E-state index contributed by atoms with van der Waals surface area (Å²) in [6.07, 6.45) is 1.50. The number of aromatic nitrogens is 4. The summed E-state index contributed by atoms with van der Waals surface area (Å²) in [4.78, 5) is 13.4.